The van der Waals surface area contributed by atoms with E-state index in [1.165, 1.54) is 24.4 Å². The van der Waals surface area contributed by atoms with Crippen molar-refractivity contribution in [1.29, 1.82) is 0 Å². The second-order valence-electron chi connectivity index (χ2n) is 6.29. The molecule has 1 aromatic carbocycles. The maximum absolute atomic E-state index is 14.6. The Morgan fingerprint density at radius 1 is 1.15 bits per heavy atom. The lowest BCUT2D eigenvalue weighted by Gasteiger charge is -2.42. The van der Waals surface area contributed by atoms with E-state index in [9.17, 15) is 22.8 Å². The van der Waals surface area contributed by atoms with Crippen LogP contribution in [0.4, 0.5) is 29.1 Å². The van der Waals surface area contributed by atoms with Crippen molar-refractivity contribution in [3.8, 4) is 0 Å². The molecule has 0 amide bonds. The molecule has 0 saturated heterocycles. The minimum Gasteiger partial charge on any atom is -0.350 e. The zero-order valence-corrected chi connectivity index (χ0v) is 14.4. The first-order chi connectivity index (χ1) is 12.2. The number of hydrogen-bond donors (Lipinski definition) is 2. The van der Waals surface area contributed by atoms with Crippen LogP contribution in [0.15, 0.2) is 36.5 Å². The molecular weight excluding hydrogens is 350 g/mol. The van der Waals surface area contributed by atoms with Gasteiger partial charge in [0, 0.05) is 12.1 Å². The molecule has 0 saturated carbocycles. The highest BCUT2D eigenvalue weighted by Gasteiger charge is 2.63. The summed E-state index contributed by atoms with van der Waals surface area (Å²) in [6, 6.07) is 5.95. The van der Waals surface area contributed by atoms with Gasteiger partial charge in [0.1, 0.15) is 23.1 Å². The highest BCUT2D eigenvalue weighted by molar-refractivity contribution is 5.73. The topological polar surface area (TPSA) is 39.4 Å². The smallest absolute Gasteiger partial charge is 0.350 e. The van der Waals surface area contributed by atoms with Gasteiger partial charge in [-0.25, -0.2) is 9.71 Å². The molecule has 1 aliphatic rings. The number of alkyl halides is 3. The fourth-order valence-corrected chi connectivity index (χ4v) is 3.57. The lowest BCUT2D eigenvalue weighted by molar-refractivity contribution is -0.893. The van der Waals surface area contributed by atoms with E-state index < -0.39 is 17.4 Å². The molecule has 1 unspecified atom stereocenters. The van der Waals surface area contributed by atoms with Crippen molar-refractivity contribution in [3.05, 3.63) is 53.5 Å². The maximum atomic E-state index is 14.6. The van der Waals surface area contributed by atoms with E-state index in [0.29, 0.717) is 17.8 Å². The molecule has 2 heterocycles. The van der Waals surface area contributed by atoms with Crippen LogP contribution in [0.5, 0.6) is 0 Å². The van der Waals surface area contributed by atoms with E-state index in [1.807, 2.05) is 0 Å². The molecule has 0 bridgehead atoms. The Hall–Kier alpha value is -2.35. The maximum Gasteiger partial charge on any atom is 0.404 e. The number of pyridine rings is 1. The Balaban J connectivity index is 2.38. The first-order valence-electron chi connectivity index (χ1n) is 8.35. The highest BCUT2D eigenvalue weighted by atomic mass is 19.4. The zero-order chi connectivity index (χ0) is 19.1. The van der Waals surface area contributed by atoms with Gasteiger partial charge in [-0.15, -0.1) is 0 Å². The number of rotatable bonds is 4. The van der Waals surface area contributed by atoms with Crippen molar-refractivity contribution < 1.29 is 27.5 Å². The van der Waals surface area contributed by atoms with Crippen LogP contribution < -0.4 is 10.0 Å². The lowest BCUT2D eigenvalue weighted by atomic mass is 9.70. The third kappa shape index (κ3) is 2.68. The summed E-state index contributed by atoms with van der Waals surface area (Å²) < 4.78 is 58.3. The van der Waals surface area contributed by atoms with Crippen LogP contribution in [0.25, 0.3) is 0 Å². The number of anilines is 2. The van der Waals surface area contributed by atoms with Crippen LogP contribution in [-0.4, -0.2) is 35.9 Å². The average Bonchev–Trinajstić information content (AvgIpc) is 2.59. The van der Waals surface area contributed by atoms with Gasteiger partial charge in [0.15, 0.2) is 0 Å². The zero-order valence-electron chi connectivity index (χ0n) is 14.4. The van der Waals surface area contributed by atoms with Gasteiger partial charge < -0.3 is 10.1 Å². The van der Waals surface area contributed by atoms with Crippen molar-refractivity contribution in [2.45, 2.75) is 25.4 Å². The van der Waals surface area contributed by atoms with E-state index in [-0.39, 0.29) is 29.2 Å². The second-order valence-corrected chi connectivity index (χ2v) is 6.29. The molecule has 1 atom stereocenters. The number of likely N-dealkylation sites (N-methyl/N-ethyl adjacent to an activating group) is 1. The van der Waals surface area contributed by atoms with Crippen molar-refractivity contribution in [2.75, 3.05) is 25.0 Å². The molecular formula is C18H20F4N3O+. The summed E-state index contributed by atoms with van der Waals surface area (Å²) in [6.45, 7) is 4.00. The van der Waals surface area contributed by atoms with Gasteiger partial charge in [-0.2, -0.15) is 13.2 Å². The first kappa shape index (κ1) is 18.4. The number of fused-ring (bicyclic) bond motifs is 2. The van der Waals surface area contributed by atoms with Crippen LogP contribution in [0.1, 0.15) is 25.0 Å². The number of benzene rings is 1. The fraction of sp³-hybridized carbons (Fsp3) is 0.389. The fourth-order valence-electron chi connectivity index (χ4n) is 3.57. The van der Waals surface area contributed by atoms with Gasteiger partial charge in [0.25, 0.3) is 0 Å². The SMILES string of the molecule is CCN(CC)CC1(C(F)(F)F)c2cc(F)ccc2Nc2c1ccc[n+]2O. The normalized spacial score (nSPS) is 19.0. The molecule has 0 fully saturated rings. The summed E-state index contributed by atoms with van der Waals surface area (Å²) in [4.78, 5) is 1.64. The number of nitrogens with zero attached hydrogens (tertiary/aromatic N) is 2. The Bertz CT molecular complexity index is 817. The Morgan fingerprint density at radius 2 is 1.85 bits per heavy atom. The van der Waals surface area contributed by atoms with Crippen LogP contribution in [0.2, 0.25) is 0 Å². The number of aromatic nitrogens is 1. The molecule has 1 aliphatic heterocycles. The van der Waals surface area contributed by atoms with Crippen LogP contribution >= 0.6 is 0 Å². The largest absolute Gasteiger partial charge is 0.404 e. The molecule has 0 aliphatic carbocycles. The minimum absolute atomic E-state index is 0.0731. The molecule has 2 N–H and O–H groups in total. The Kier molecular flexibility index (Phi) is 4.56. The van der Waals surface area contributed by atoms with Gasteiger partial charge in [-0.3, -0.25) is 0 Å². The summed E-state index contributed by atoms with van der Waals surface area (Å²) in [5.74, 6) is -0.814. The number of hydrogen-bond acceptors (Lipinski definition) is 3. The molecule has 2 aromatic rings. The van der Waals surface area contributed by atoms with Gasteiger partial charge in [0.05, 0.1) is 5.56 Å². The van der Waals surface area contributed by atoms with Gasteiger partial charge in [-0.1, -0.05) is 18.6 Å². The third-order valence-corrected chi connectivity index (χ3v) is 4.97. The first-order valence-corrected chi connectivity index (χ1v) is 8.35. The standard InChI is InChI=1S/C18H19F4N3O/c1-3-24(4-2)11-17(18(20,21)22)13-6-5-9-25(26)16(13)23-15-8-7-12(19)10-14(15)17/h5-10,26H,3-4,11H2,1-2H3/p+1. The predicted octanol–water partition coefficient (Wildman–Crippen LogP) is 3.60. The summed E-state index contributed by atoms with van der Waals surface area (Å²) in [5.41, 5.74) is -2.67. The molecule has 4 nitrogen and oxygen atoms in total. The van der Waals surface area contributed by atoms with Crippen LogP contribution in [0, 0.1) is 5.82 Å². The van der Waals surface area contributed by atoms with E-state index in [1.54, 1.807) is 18.7 Å². The highest BCUT2D eigenvalue weighted by Crippen LogP contribution is 2.53. The molecule has 3 rings (SSSR count). The van der Waals surface area contributed by atoms with Crippen molar-refractivity contribution in [1.82, 2.24) is 4.90 Å². The van der Waals surface area contributed by atoms with Crippen molar-refractivity contribution in [3.63, 3.8) is 0 Å². The van der Waals surface area contributed by atoms with Crippen LogP contribution in [0.3, 0.4) is 0 Å². The monoisotopic (exact) mass is 370 g/mol. The molecule has 0 radical (unpaired) electrons. The quantitative estimate of drug-likeness (QED) is 0.491. The summed E-state index contributed by atoms with van der Waals surface area (Å²) >= 11 is 0. The molecule has 0 spiro atoms. The molecule has 140 valence electrons. The predicted molar refractivity (Wildman–Crippen MR) is 88.1 cm³/mol. The van der Waals surface area contributed by atoms with Crippen LogP contribution in [-0.2, 0) is 5.41 Å². The van der Waals surface area contributed by atoms with E-state index in [4.69, 9.17) is 0 Å². The minimum atomic E-state index is -4.71. The van der Waals surface area contributed by atoms with Gasteiger partial charge in [0.2, 0.25) is 0 Å². The second kappa shape index (κ2) is 6.42. The summed E-state index contributed by atoms with van der Waals surface area (Å²) in [6.07, 6.45) is -3.46. The lowest BCUT2D eigenvalue weighted by Crippen LogP contribution is -2.55. The van der Waals surface area contributed by atoms with E-state index in [2.05, 4.69) is 5.32 Å². The van der Waals surface area contributed by atoms with E-state index in [0.717, 1.165) is 12.1 Å². The van der Waals surface area contributed by atoms with Crippen molar-refractivity contribution in [2.24, 2.45) is 0 Å². The Labute approximate surface area is 148 Å². The summed E-state index contributed by atoms with van der Waals surface area (Å²) in [5, 5.41) is 12.9. The summed E-state index contributed by atoms with van der Waals surface area (Å²) in [7, 11) is 0. The van der Waals surface area contributed by atoms with E-state index >= 15 is 0 Å². The third-order valence-electron chi connectivity index (χ3n) is 4.97. The molecule has 26 heavy (non-hydrogen) atoms. The molecule has 1 aromatic heterocycles. The van der Waals surface area contributed by atoms with Gasteiger partial charge in [-0.05, 0) is 43.4 Å². The van der Waals surface area contributed by atoms with Gasteiger partial charge >= 0.3 is 12.0 Å². The Morgan fingerprint density at radius 3 is 2.46 bits per heavy atom. The van der Waals surface area contributed by atoms with Crippen molar-refractivity contribution >= 4 is 11.5 Å². The molecule has 8 heteroatoms. The number of halogens is 4. The number of nitrogens with one attached hydrogen (secondary N) is 1. The average molecular weight is 370 g/mol.